The van der Waals surface area contributed by atoms with Crippen molar-refractivity contribution in [1.82, 2.24) is 39.9 Å². The van der Waals surface area contributed by atoms with E-state index in [0.717, 1.165) is 0 Å². The minimum atomic E-state index is -0.547. The summed E-state index contributed by atoms with van der Waals surface area (Å²) in [4.78, 5) is 55.8. The van der Waals surface area contributed by atoms with Crippen molar-refractivity contribution in [1.29, 1.82) is 0 Å². The lowest BCUT2D eigenvalue weighted by molar-refractivity contribution is 1.07. The van der Waals surface area contributed by atoms with Crippen LogP contribution in [0.15, 0.2) is 33.4 Å². The van der Waals surface area contributed by atoms with Gasteiger partial charge in [-0.3, -0.25) is 19.6 Å². The number of aromatic nitrogens is 8. The minimum Gasteiger partial charge on any atom is -0.339 e. The molecule has 4 aromatic heterocycles. The lowest BCUT2D eigenvalue weighted by atomic mass is 10.5. The van der Waals surface area contributed by atoms with Crippen molar-refractivity contribution < 1.29 is 0 Å². The van der Waals surface area contributed by atoms with Gasteiger partial charge in [0.05, 0.1) is 19.0 Å². The molecule has 0 unspecified atom stereocenters. The highest BCUT2D eigenvalue weighted by Crippen LogP contribution is 1.94. The van der Waals surface area contributed by atoms with Crippen molar-refractivity contribution in [2.75, 3.05) is 0 Å². The molecule has 0 fully saturated rings. The van der Waals surface area contributed by atoms with Gasteiger partial charge in [-0.05, 0) is 0 Å². The number of H-pyrrole nitrogens is 5. The van der Waals surface area contributed by atoms with Crippen LogP contribution in [0.2, 0.25) is 0 Å². The van der Waals surface area contributed by atoms with Gasteiger partial charge in [-0.1, -0.05) is 0 Å². The fourth-order valence-corrected chi connectivity index (χ4v) is 1.64. The quantitative estimate of drug-likeness (QED) is 0.266. The van der Waals surface area contributed by atoms with Crippen LogP contribution >= 0.6 is 0 Å². The molecule has 0 aliphatic rings. The van der Waals surface area contributed by atoms with Gasteiger partial charge in [-0.2, -0.15) is 0 Å². The molecule has 0 aliphatic heterocycles. The summed E-state index contributed by atoms with van der Waals surface area (Å²) in [6, 6.07) is 0. The Morgan fingerprint density at radius 1 is 0.714 bits per heavy atom. The normalized spacial score (nSPS) is 10.5. The molecule has 0 amide bonds. The monoisotopic (exact) mass is 288 g/mol. The van der Waals surface area contributed by atoms with E-state index in [1.54, 1.807) is 0 Å². The van der Waals surface area contributed by atoms with Crippen LogP contribution in [0.5, 0.6) is 0 Å². The number of nitrogens with one attached hydrogen (secondary N) is 5. The molecule has 0 spiro atoms. The van der Waals surface area contributed by atoms with Crippen molar-refractivity contribution in [3.05, 3.63) is 50.2 Å². The van der Waals surface area contributed by atoms with Gasteiger partial charge in [-0.25, -0.2) is 19.7 Å². The molecule has 106 valence electrons. The topological polar surface area (TPSA) is 169 Å². The van der Waals surface area contributed by atoms with E-state index in [0.29, 0.717) is 11.2 Å². The van der Waals surface area contributed by atoms with Crippen LogP contribution in [0, 0.1) is 0 Å². The number of fused-ring (bicyclic) bond motifs is 2. The predicted octanol–water partition coefficient (Wildman–Crippen LogP) is -1.41. The van der Waals surface area contributed by atoms with E-state index in [1.807, 2.05) is 0 Å². The Hall–Kier alpha value is -3.50. The first-order chi connectivity index (χ1) is 10.1. The van der Waals surface area contributed by atoms with Gasteiger partial charge in [0.2, 0.25) is 0 Å². The first kappa shape index (κ1) is 12.5. The third-order valence-corrected chi connectivity index (χ3v) is 2.55. The van der Waals surface area contributed by atoms with Crippen LogP contribution in [0.4, 0.5) is 0 Å². The van der Waals surface area contributed by atoms with Gasteiger partial charge in [-0.15, -0.1) is 0 Å². The highest BCUT2D eigenvalue weighted by atomic mass is 16.2. The van der Waals surface area contributed by atoms with Gasteiger partial charge in [0.25, 0.3) is 11.1 Å². The summed E-state index contributed by atoms with van der Waals surface area (Å²) < 4.78 is 0. The maximum absolute atomic E-state index is 10.9. The van der Waals surface area contributed by atoms with E-state index in [4.69, 9.17) is 0 Å². The maximum Gasteiger partial charge on any atom is 0.327 e. The fourth-order valence-electron chi connectivity index (χ4n) is 1.64. The molecule has 4 aromatic rings. The third kappa shape index (κ3) is 2.34. The standard InChI is InChI=1S/C5H4N4O2.C5H4N4O/c10-4-2-3(7-1-6-2)8-5(11)9-4;10-5-3-4(7-1-6-3)8-2-9-5/h1H,(H3,6,7,8,9,10,11);1-2H,(H2,6,7,8,9,10). The lowest BCUT2D eigenvalue weighted by Crippen LogP contribution is -2.21. The number of hydrogen-bond donors (Lipinski definition) is 5. The molecule has 0 bridgehead atoms. The van der Waals surface area contributed by atoms with Crippen molar-refractivity contribution in [2.24, 2.45) is 0 Å². The molecule has 5 N–H and O–H groups in total. The van der Waals surface area contributed by atoms with Crippen LogP contribution in [-0.4, -0.2) is 39.9 Å². The molecule has 0 aromatic carbocycles. The van der Waals surface area contributed by atoms with Crippen molar-refractivity contribution in [2.45, 2.75) is 0 Å². The van der Waals surface area contributed by atoms with Gasteiger partial charge in [0.1, 0.15) is 5.52 Å². The van der Waals surface area contributed by atoms with Crippen LogP contribution < -0.4 is 16.8 Å². The third-order valence-electron chi connectivity index (χ3n) is 2.55. The first-order valence-electron chi connectivity index (χ1n) is 5.67. The predicted molar refractivity (Wildman–Crippen MR) is 71.8 cm³/mol. The fraction of sp³-hybridized carbons (Fsp3) is 0. The number of aromatic amines is 5. The molecule has 21 heavy (non-hydrogen) atoms. The molecule has 11 nitrogen and oxygen atoms in total. The van der Waals surface area contributed by atoms with Crippen LogP contribution in [0.1, 0.15) is 0 Å². The van der Waals surface area contributed by atoms with E-state index < -0.39 is 11.2 Å². The minimum absolute atomic E-state index is 0.192. The Balaban J connectivity index is 0.000000126. The molecule has 4 rings (SSSR count). The van der Waals surface area contributed by atoms with E-state index in [-0.39, 0.29) is 16.7 Å². The molecule has 0 saturated carbocycles. The average molecular weight is 288 g/mol. The van der Waals surface area contributed by atoms with E-state index in [9.17, 15) is 14.4 Å². The summed E-state index contributed by atoms with van der Waals surface area (Å²) in [6.07, 6.45) is 4.11. The highest BCUT2D eigenvalue weighted by molar-refractivity contribution is 5.67. The number of imidazole rings is 2. The van der Waals surface area contributed by atoms with Crippen LogP contribution in [-0.2, 0) is 0 Å². The lowest BCUT2D eigenvalue weighted by Gasteiger charge is -1.83. The summed E-state index contributed by atoms with van der Waals surface area (Å²) in [6.45, 7) is 0. The molecule has 11 heteroatoms. The van der Waals surface area contributed by atoms with Gasteiger partial charge < -0.3 is 15.0 Å². The Labute approximate surface area is 113 Å². The molecular weight excluding hydrogens is 280 g/mol. The van der Waals surface area contributed by atoms with Crippen molar-refractivity contribution >= 4 is 22.3 Å². The van der Waals surface area contributed by atoms with Gasteiger partial charge in [0, 0.05) is 0 Å². The first-order valence-corrected chi connectivity index (χ1v) is 5.67. The maximum atomic E-state index is 10.9. The Morgan fingerprint density at radius 3 is 2.14 bits per heavy atom. The SMILES string of the molecule is O=c1[nH]c(=O)c2[nH]cnc2[nH]1.O=c1[nH]cnc2nc[nH]c12. The van der Waals surface area contributed by atoms with Crippen LogP contribution in [0.25, 0.3) is 22.3 Å². The van der Waals surface area contributed by atoms with Crippen molar-refractivity contribution in [3.63, 3.8) is 0 Å². The zero-order chi connectivity index (χ0) is 14.8. The van der Waals surface area contributed by atoms with E-state index >= 15 is 0 Å². The Kier molecular flexibility index (Phi) is 2.91. The summed E-state index contributed by atoms with van der Waals surface area (Å²) in [5.41, 5.74) is 0.230. The largest absolute Gasteiger partial charge is 0.339 e. The number of rotatable bonds is 0. The number of nitrogens with zero attached hydrogens (tertiary/aromatic N) is 3. The average Bonchev–Trinajstić information content (AvgIpc) is 3.08. The second-order valence-electron chi connectivity index (χ2n) is 3.87. The summed E-state index contributed by atoms with van der Waals surface area (Å²) in [5, 5.41) is 0. The number of hydrogen-bond acceptors (Lipinski definition) is 6. The molecule has 0 radical (unpaired) electrons. The Bertz CT molecular complexity index is 1060. The molecule has 4 heterocycles. The zero-order valence-corrected chi connectivity index (χ0v) is 10.3. The van der Waals surface area contributed by atoms with Gasteiger partial charge in [0.15, 0.2) is 16.8 Å². The summed E-state index contributed by atoms with van der Waals surface area (Å²) in [5.74, 6) is 0. The molecular formula is C10H8N8O3. The zero-order valence-electron chi connectivity index (χ0n) is 10.3. The van der Waals surface area contributed by atoms with E-state index in [1.165, 1.54) is 19.0 Å². The smallest absolute Gasteiger partial charge is 0.327 e. The second-order valence-corrected chi connectivity index (χ2v) is 3.87. The second kappa shape index (κ2) is 4.88. The summed E-state index contributed by atoms with van der Waals surface area (Å²) in [7, 11) is 0. The molecule has 0 atom stereocenters. The van der Waals surface area contributed by atoms with E-state index in [2.05, 4.69) is 39.9 Å². The molecule has 0 aliphatic carbocycles. The Morgan fingerprint density at radius 2 is 1.38 bits per heavy atom. The van der Waals surface area contributed by atoms with Crippen molar-refractivity contribution in [3.8, 4) is 0 Å². The summed E-state index contributed by atoms with van der Waals surface area (Å²) >= 11 is 0. The molecule has 0 saturated heterocycles. The van der Waals surface area contributed by atoms with Crippen LogP contribution in [0.3, 0.4) is 0 Å². The van der Waals surface area contributed by atoms with Gasteiger partial charge >= 0.3 is 5.69 Å². The highest BCUT2D eigenvalue weighted by Gasteiger charge is 2.00.